The molecule has 0 fully saturated rings. The summed E-state index contributed by atoms with van der Waals surface area (Å²) in [5.41, 5.74) is 7.19. The van der Waals surface area contributed by atoms with Gasteiger partial charge in [0.25, 0.3) is 0 Å². The largest absolute Gasteiger partial charge is 0.324 e. The van der Waals surface area contributed by atoms with Crippen molar-refractivity contribution < 1.29 is 4.39 Å². The topological polar surface area (TPSA) is 94.5 Å². The van der Waals surface area contributed by atoms with Crippen LogP contribution >= 0.6 is 11.6 Å². The van der Waals surface area contributed by atoms with Gasteiger partial charge >= 0.3 is 0 Å². The number of nitrogens with one attached hydrogen (secondary N) is 1. The Hall–Kier alpha value is -2.58. The second-order valence-corrected chi connectivity index (χ2v) is 5.66. The van der Waals surface area contributed by atoms with Crippen LogP contribution in [0.15, 0.2) is 30.9 Å². The fourth-order valence-corrected chi connectivity index (χ4v) is 2.53. The quantitative estimate of drug-likeness (QED) is 0.753. The molecule has 3 N–H and O–H groups in total. The third-order valence-electron chi connectivity index (χ3n) is 3.38. The van der Waals surface area contributed by atoms with Crippen LogP contribution in [0.5, 0.6) is 0 Å². The second kappa shape index (κ2) is 6.50. The minimum absolute atomic E-state index is 0.0234. The molecular weight excluding hydrogens is 333 g/mol. The zero-order valence-electron chi connectivity index (χ0n) is 13.0. The molecule has 0 aliphatic rings. The van der Waals surface area contributed by atoms with Gasteiger partial charge in [-0.2, -0.15) is 10.1 Å². The molecular formula is C15H15ClFN7. The molecule has 2 aromatic heterocycles. The van der Waals surface area contributed by atoms with E-state index in [9.17, 15) is 4.39 Å². The lowest BCUT2D eigenvalue weighted by Gasteiger charge is -2.11. The lowest BCUT2D eigenvalue weighted by atomic mass is 10.1. The normalized spacial score (nSPS) is 12.2. The summed E-state index contributed by atoms with van der Waals surface area (Å²) in [6.07, 6.45) is 4.69. The lowest BCUT2D eigenvalue weighted by Crippen LogP contribution is -2.07. The van der Waals surface area contributed by atoms with Crippen LogP contribution in [0.2, 0.25) is 5.02 Å². The molecule has 0 saturated carbocycles. The molecule has 9 heteroatoms. The average Bonchev–Trinajstić information content (AvgIpc) is 2.95. The van der Waals surface area contributed by atoms with Gasteiger partial charge in [0.05, 0.1) is 22.5 Å². The molecule has 124 valence electrons. The number of nitrogens with two attached hydrogens (primary N) is 1. The molecule has 0 aliphatic heterocycles. The number of rotatable bonds is 4. The van der Waals surface area contributed by atoms with Crippen LogP contribution in [0.25, 0.3) is 11.4 Å². The van der Waals surface area contributed by atoms with Gasteiger partial charge in [-0.1, -0.05) is 17.7 Å². The number of nitrogens with zero attached hydrogens (tertiary/aromatic N) is 5. The highest BCUT2D eigenvalue weighted by molar-refractivity contribution is 6.31. The Bertz CT molecular complexity index is 878. The number of hydrogen-bond acceptors (Lipinski definition) is 6. The van der Waals surface area contributed by atoms with Gasteiger partial charge < -0.3 is 11.1 Å². The summed E-state index contributed by atoms with van der Waals surface area (Å²) >= 11 is 6.06. The molecule has 3 aromatic rings. The third kappa shape index (κ3) is 3.19. The predicted molar refractivity (Wildman–Crippen MR) is 89.3 cm³/mol. The minimum Gasteiger partial charge on any atom is -0.324 e. The summed E-state index contributed by atoms with van der Waals surface area (Å²) in [6, 6.07) is 2.86. The first-order chi connectivity index (χ1) is 11.5. The predicted octanol–water partition coefficient (Wildman–Crippen LogP) is 2.83. The molecule has 1 aromatic carbocycles. The van der Waals surface area contributed by atoms with E-state index in [1.54, 1.807) is 43.2 Å². The first-order valence-electron chi connectivity index (χ1n) is 7.14. The molecule has 0 bridgehead atoms. The number of hydrogen-bond donors (Lipinski definition) is 2. The highest BCUT2D eigenvalue weighted by Gasteiger charge is 2.17. The second-order valence-electron chi connectivity index (χ2n) is 5.28. The van der Waals surface area contributed by atoms with Crippen molar-refractivity contribution in [3.05, 3.63) is 47.3 Å². The van der Waals surface area contributed by atoms with Crippen LogP contribution in [-0.2, 0) is 7.05 Å². The van der Waals surface area contributed by atoms with E-state index in [4.69, 9.17) is 17.3 Å². The molecule has 0 saturated heterocycles. The maximum Gasteiger partial charge on any atom is 0.230 e. The van der Waals surface area contributed by atoms with Crippen molar-refractivity contribution in [2.45, 2.75) is 13.0 Å². The molecule has 24 heavy (non-hydrogen) atoms. The van der Waals surface area contributed by atoms with Gasteiger partial charge in [0.15, 0.2) is 11.6 Å². The van der Waals surface area contributed by atoms with Gasteiger partial charge in [-0.25, -0.2) is 14.4 Å². The number of benzene rings is 1. The molecule has 3 rings (SSSR count). The standard InChI is InChI=1S/C15H15ClFN7/c1-8(18)10-3-4-11(13(17)12(10)16)14-19-7-20-15(23-14)22-9-5-21-24(2)6-9/h3-8H,18H2,1-2H3,(H,19,20,22,23)/t8-/m1/s1. The van der Waals surface area contributed by atoms with E-state index in [-0.39, 0.29) is 28.4 Å². The maximum atomic E-state index is 14.5. The van der Waals surface area contributed by atoms with Crippen LogP contribution in [0.1, 0.15) is 18.5 Å². The number of halogens is 2. The van der Waals surface area contributed by atoms with Crippen LogP contribution < -0.4 is 11.1 Å². The van der Waals surface area contributed by atoms with Crippen molar-refractivity contribution in [3.63, 3.8) is 0 Å². The van der Waals surface area contributed by atoms with Gasteiger partial charge in [-0.05, 0) is 18.6 Å². The Morgan fingerprint density at radius 3 is 2.79 bits per heavy atom. The summed E-state index contributed by atoms with van der Waals surface area (Å²) < 4.78 is 16.2. The fraction of sp³-hybridized carbons (Fsp3) is 0.200. The minimum atomic E-state index is -0.606. The Kier molecular flexibility index (Phi) is 4.41. The van der Waals surface area contributed by atoms with Gasteiger partial charge in [-0.15, -0.1) is 0 Å². The zero-order chi connectivity index (χ0) is 17.3. The van der Waals surface area contributed by atoms with Crippen molar-refractivity contribution in [2.24, 2.45) is 12.8 Å². The number of aryl methyl sites for hydroxylation is 1. The van der Waals surface area contributed by atoms with E-state index in [1.165, 1.54) is 6.33 Å². The van der Waals surface area contributed by atoms with Crippen LogP contribution in [0.4, 0.5) is 16.0 Å². The molecule has 0 radical (unpaired) electrons. The van der Waals surface area contributed by atoms with Crippen LogP contribution in [-0.4, -0.2) is 24.7 Å². The third-order valence-corrected chi connectivity index (χ3v) is 3.76. The van der Waals surface area contributed by atoms with Gasteiger partial charge in [0, 0.05) is 19.3 Å². The fourth-order valence-electron chi connectivity index (χ4n) is 2.19. The molecule has 0 aliphatic carbocycles. The Balaban J connectivity index is 1.95. The maximum absolute atomic E-state index is 14.5. The SMILES string of the molecule is C[C@@H](N)c1ccc(-c2ncnc(Nc3cnn(C)c3)n2)c(F)c1Cl. The van der Waals surface area contributed by atoms with Crippen molar-refractivity contribution >= 4 is 23.2 Å². The Labute approximate surface area is 142 Å². The van der Waals surface area contributed by atoms with E-state index >= 15 is 0 Å². The zero-order valence-corrected chi connectivity index (χ0v) is 13.8. The Morgan fingerprint density at radius 1 is 1.33 bits per heavy atom. The first kappa shape index (κ1) is 16.3. The van der Waals surface area contributed by atoms with E-state index < -0.39 is 5.82 Å². The van der Waals surface area contributed by atoms with Crippen molar-refractivity contribution in [2.75, 3.05) is 5.32 Å². The lowest BCUT2D eigenvalue weighted by molar-refractivity contribution is 0.625. The van der Waals surface area contributed by atoms with Crippen LogP contribution in [0, 0.1) is 5.82 Å². The monoisotopic (exact) mass is 347 g/mol. The van der Waals surface area contributed by atoms with E-state index in [2.05, 4.69) is 25.4 Å². The highest BCUT2D eigenvalue weighted by Crippen LogP contribution is 2.31. The summed E-state index contributed by atoms with van der Waals surface area (Å²) in [7, 11) is 1.79. The average molecular weight is 348 g/mol. The molecule has 2 heterocycles. The molecule has 7 nitrogen and oxygen atoms in total. The van der Waals surface area contributed by atoms with Gasteiger partial charge in [-0.3, -0.25) is 4.68 Å². The van der Waals surface area contributed by atoms with Gasteiger partial charge in [0.1, 0.15) is 6.33 Å². The van der Waals surface area contributed by atoms with Gasteiger partial charge in [0.2, 0.25) is 5.95 Å². The summed E-state index contributed by atoms with van der Waals surface area (Å²) in [4.78, 5) is 12.3. The highest BCUT2D eigenvalue weighted by atomic mass is 35.5. The molecule has 0 unspecified atom stereocenters. The number of anilines is 2. The van der Waals surface area contributed by atoms with Crippen molar-refractivity contribution in [1.29, 1.82) is 0 Å². The van der Waals surface area contributed by atoms with E-state index in [1.807, 2.05) is 0 Å². The summed E-state index contributed by atoms with van der Waals surface area (Å²) in [5.74, 6) is -0.156. The smallest absolute Gasteiger partial charge is 0.230 e. The molecule has 0 spiro atoms. The molecule has 1 atom stereocenters. The first-order valence-corrected chi connectivity index (χ1v) is 7.52. The Morgan fingerprint density at radius 2 is 2.12 bits per heavy atom. The van der Waals surface area contributed by atoms with Crippen LogP contribution in [0.3, 0.4) is 0 Å². The van der Waals surface area contributed by atoms with E-state index in [0.29, 0.717) is 11.3 Å². The summed E-state index contributed by atoms with van der Waals surface area (Å²) in [6.45, 7) is 1.74. The van der Waals surface area contributed by atoms with Crippen molar-refractivity contribution in [3.8, 4) is 11.4 Å². The molecule has 0 amide bonds. The van der Waals surface area contributed by atoms with Crippen molar-refractivity contribution in [1.82, 2.24) is 24.7 Å². The number of aromatic nitrogens is 5. The van der Waals surface area contributed by atoms with E-state index in [0.717, 1.165) is 0 Å². The summed E-state index contributed by atoms with van der Waals surface area (Å²) in [5, 5.41) is 6.99.